The van der Waals surface area contributed by atoms with Crippen molar-refractivity contribution in [2.45, 2.75) is 6.54 Å². The van der Waals surface area contributed by atoms with Gasteiger partial charge in [-0.25, -0.2) is 24.0 Å². The molecule has 0 aliphatic rings. The molecule has 33 heavy (non-hydrogen) atoms. The van der Waals surface area contributed by atoms with Gasteiger partial charge in [0, 0.05) is 11.8 Å². The normalized spacial score (nSPS) is 11.4. The van der Waals surface area contributed by atoms with Crippen LogP contribution in [0.1, 0.15) is 5.56 Å². The van der Waals surface area contributed by atoms with E-state index in [9.17, 15) is 4.39 Å². The fourth-order valence-corrected chi connectivity index (χ4v) is 3.37. The third-order valence-electron chi connectivity index (χ3n) is 4.96. The Kier molecular flexibility index (Phi) is 5.15. The molecule has 0 aliphatic carbocycles. The predicted molar refractivity (Wildman–Crippen MR) is 123 cm³/mol. The van der Waals surface area contributed by atoms with E-state index in [4.69, 9.17) is 11.5 Å². The van der Waals surface area contributed by atoms with Gasteiger partial charge < -0.3 is 11.5 Å². The summed E-state index contributed by atoms with van der Waals surface area (Å²) >= 11 is 0. The van der Waals surface area contributed by atoms with Gasteiger partial charge in [-0.05, 0) is 30.3 Å². The summed E-state index contributed by atoms with van der Waals surface area (Å²) in [6.45, 7) is 0.189. The Morgan fingerprint density at radius 2 is 1.58 bits per heavy atom. The second-order valence-corrected chi connectivity index (χ2v) is 7.17. The van der Waals surface area contributed by atoms with Gasteiger partial charge in [0.15, 0.2) is 28.8 Å². The first kappa shape index (κ1) is 20.2. The number of benzene rings is 2. The van der Waals surface area contributed by atoms with Crippen molar-refractivity contribution < 1.29 is 4.39 Å². The number of hydrogen-bond acceptors (Lipinski definition) is 8. The number of anilines is 2. The van der Waals surface area contributed by atoms with Gasteiger partial charge in [-0.3, -0.25) is 0 Å². The summed E-state index contributed by atoms with van der Waals surface area (Å²) in [4.78, 5) is 13.1. The van der Waals surface area contributed by atoms with Gasteiger partial charge >= 0.3 is 0 Å². The Hall–Kier alpha value is -4.73. The summed E-state index contributed by atoms with van der Waals surface area (Å²) in [5.41, 5.74) is 14.6. The first-order chi connectivity index (χ1) is 16.1. The average molecular weight is 439 g/mol. The van der Waals surface area contributed by atoms with Crippen molar-refractivity contribution >= 4 is 34.0 Å². The largest absolute Gasteiger partial charge is 0.382 e. The third kappa shape index (κ3) is 3.97. The molecule has 0 saturated carbocycles. The number of rotatable bonds is 5. The molecular formula is C23H18FN9. The lowest BCUT2D eigenvalue weighted by Crippen LogP contribution is -2.05. The topological polar surface area (TPSA) is 133 Å². The molecule has 0 saturated heterocycles. The van der Waals surface area contributed by atoms with Crippen molar-refractivity contribution in [1.29, 1.82) is 0 Å². The number of aromatic nitrogens is 5. The lowest BCUT2D eigenvalue weighted by atomic mass is 10.2. The van der Waals surface area contributed by atoms with Crippen LogP contribution >= 0.6 is 0 Å². The Balaban J connectivity index is 1.56. The van der Waals surface area contributed by atoms with E-state index in [2.05, 4.69) is 30.3 Å². The Bertz CT molecular complexity index is 1460. The Labute approximate surface area is 187 Å². The minimum Gasteiger partial charge on any atom is -0.382 e. The fourth-order valence-electron chi connectivity index (χ4n) is 3.37. The van der Waals surface area contributed by atoms with Crippen LogP contribution < -0.4 is 11.5 Å². The van der Waals surface area contributed by atoms with Gasteiger partial charge in [0.2, 0.25) is 0 Å². The molecule has 3 aromatic heterocycles. The van der Waals surface area contributed by atoms with E-state index < -0.39 is 0 Å². The number of halogens is 1. The van der Waals surface area contributed by atoms with Crippen LogP contribution in [0.5, 0.6) is 0 Å². The molecule has 10 heteroatoms. The van der Waals surface area contributed by atoms with E-state index in [1.54, 1.807) is 47.3 Å². The predicted octanol–water partition coefficient (Wildman–Crippen LogP) is 4.66. The highest BCUT2D eigenvalue weighted by atomic mass is 19.1. The van der Waals surface area contributed by atoms with E-state index in [1.165, 1.54) is 6.07 Å². The number of hydrogen-bond donors (Lipinski definition) is 2. The van der Waals surface area contributed by atoms with Crippen LogP contribution in [-0.2, 0) is 6.54 Å². The maximum atomic E-state index is 14.2. The summed E-state index contributed by atoms with van der Waals surface area (Å²) in [5, 5.41) is 13.5. The summed E-state index contributed by atoms with van der Waals surface area (Å²) < 4.78 is 15.8. The fraction of sp³-hybridized carbons (Fsp3) is 0.0435. The summed E-state index contributed by atoms with van der Waals surface area (Å²) in [6.07, 6.45) is 1.64. The zero-order valence-electron chi connectivity index (χ0n) is 17.3. The summed E-state index contributed by atoms with van der Waals surface area (Å²) in [7, 11) is 0. The molecule has 4 N–H and O–H groups in total. The average Bonchev–Trinajstić information content (AvgIpc) is 3.19. The molecule has 0 unspecified atom stereocenters. The smallest absolute Gasteiger partial charge is 0.184 e. The molecule has 5 aromatic rings. The first-order valence-corrected chi connectivity index (χ1v) is 10.1. The van der Waals surface area contributed by atoms with Gasteiger partial charge in [-0.1, -0.05) is 36.4 Å². The molecule has 0 radical (unpaired) electrons. The highest BCUT2D eigenvalue weighted by molar-refractivity contribution is 5.90. The lowest BCUT2D eigenvalue weighted by molar-refractivity contribution is 0.589. The van der Waals surface area contributed by atoms with E-state index in [-0.39, 0.29) is 35.5 Å². The van der Waals surface area contributed by atoms with Crippen LogP contribution in [0.25, 0.3) is 22.6 Å². The van der Waals surface area contributed by atoms with Crippen molar-refractivity contribution in [3.8, 4) is 11.5 Å². The van der Waals surface area contributed by atoms with Crippen LogP contribution in [0.4, 0.5) is 27.4 Å². The zero-order valence-corrected chi connectivity index (χ0v) is 17.3. The molecule has 162 valence electrons. The molecule has 0 aliphatic heterocycles. The molecule has 0 fully saturated rings. The van der Waals surface area contributed by atoms with E-state index in [0.717, 1.165) is 0 Å². The van der Waals surface area contributed by atoms with Crippen molar-refractivity contribution in [2.24, 2.45) is 10.2 Å². The van der Waals surface area contributed by atoms with Crippen LogP contribution in [0.15, 0.2) is 83.2 Å². The van der Waals surface area contributed by atoms with E-state index in [0.29, 0.717) is 28.0 Å². The summed E-state index contributed by atoms with van der Waals surface area (Å²) in [5.74, 6) is 0.0289. The molecule has 0 spiro atoms. The minimum atomic E-state index is -0.323. The number of azo groups is 1. The minimum absolute atomic E-state index is 0.0675. The molecule has 9 nitrogen and oxygen atoms in total. The SMILES string of the molecule is Nc1nc(-c2nn(Cc3ccccc3F)c3ncccc23)nc(N)c1/N=N/c1ccccc1. The molecule has 0 atom stereocenters. The van der Waals surface area contributed by atoms with Gasteiger partial charge in [-0.2, -0.15) is 10.2 Å². The molecule has 0 bridgehead atoms. The Morgan fingerprint density at radius 1 is 0.848 bits per heavy atom. The van der Waals surface area contributed by atoms with Crippen molar-refractivity contribution in [2.75, 3.05) is 11.5 Å². The maximum absolute atomic E-state index is 14.2. The third-order valence-corrected chi connectivity index (χ3v) is 4.96. The van der Waals surface area contributed by atoms with Crippen LogP contribution in [0.3, 0.4) is 0 Å². The highest BCUT2D eigenvalue weighted by Crippen LogP contribution is 2.32. The number of nitrogens with two attached hydrogens (primary N) is 2. The van der Waals surface area contributed by atoms with Crippen molar-refractivity contribution in [1.82, 2.24) is 24.7 Å². The summed E-state index contributed by atoms with van der Waals surface area (Å²) in [6, 6.07) is 19.3. The number of nitrogens with zero attached hydrogens (tertiary/aromatic N) is 7. The van der Waals surface area contributed by atoms with E-state index in [1.807, 2.05) is 24.3 Å². The second-order valence-electron chi connectivity index (χ2n) is 7.17. The van der Waals surface area contributed by atoms with Crippen LogP contribution in [0.2, 0.25) is 0 Å². The second kappa shape index (κ2) is 8.42. The first-order valence-electron chi connectivity index (χ1n) is 10.1. The van der Waals surface area contributed by atoms with Crippen molar-refractivity contribution in [3.63, 3.8) is 0 Å². The standard InChI is InChI=1S/C23H18FN9/c24-17-11-5-4-7-14(17)13-33-23-16(10-6-12-27-23)18(32-33)22-28-20(25)19(21(26)29-22)31-30-15-8-2-1-3-9-15/h1-12H,13H2,(H4,25,26,28,29)/b31-30+. The molecule has 2 aromatic carbocycles. The zero-order chi connectivity index (χ0) is 22.8. The number of nitrogen functional groups attached to an aromatic ring is 2. The van der Waals surface area contributed by atoms with Gasteiger partial charge in [0.05, 0.1) is 17.6 Å². The van der Waals surface area contributed by atoms with Crippen LogP contribution in [0, 0.1) is 5.82 Å². The monoisotopic (exact) mass is 439 g/mol. The Morgan fingerprint density at radius 3 is 2.33 bits per heavy atom. The van der Waals surface area contributed by atoms with Crippen LogP contribution in [-0.4, -0.2) is 24.7 Å². The lowest BCUT2D eigenvalue weighted by Gasteiger charge is -2.05. The quantitative estimate of drug-likeness (QED) is 0.383. The van der Waals surface area contributed by atoms with Gasteiger partial charge in [0.1, 0.15) is 11.5 Å². The van der Waals surface area contributed by atoms with Crippen molar-refractivity contribution in [3.05, 3.63) is 84.3 Å². The number of pyridine rings is 1. The highest BCUT2D eigenvalue weighted by Gasteiger charge is 2.19. The molecular weight excluding hydrogens is 421 g/mol. The van der Waals surface area contributed by atoms with E-state index >= 15 is 0 Å². The maximum Gasteiger partial charge on any atom is 0.184 e. The molecule has 5 rings (SSSR count). The molecule has 0 amide bonds. The molecule has 3 heterocycles. The van der Waals surface area contributed by atoms with Gasteiger partial charge in [-0.15, -0.1) is 5.11 Å². The van der Waals surface area contributed by atoms with Gasteiger partial charge in [0.25, 0.3) is 0 Å². The number of fused-ring (bicyclic) bond motifs is 1.